The van der Waals surface area contributed by atoms with Crippen LogP contribution in [0.4, 0.5) is 22.0 Å². The van der Waals surface area contributed by atoms with Gasteiger partial charge in [-0.25, -0.2) is 18.6 Å². The van der Waals surface area contributed by atoms with E-state index < -0.39 is 50.1 Å². The predicted octanol–water partition coefficient (Wildman–Crippen LogP) is 5.32. The molecule has 0 unspecified atom stereocenters. The number of benzene rings is 2. The lowest BCUT2D eigenvalue weighted by atomic mass is 10.1. The van der Waals surface area contributed by atoms with E-state index in [1.165, 1.54) is 25.5 Å². The van der Waals surface area contributed by atoms with E-state index in [0.29, 0.717) is 12.0 Å². The zero-order valence-corrected chi connectivity index (χ0v) is 19.7. The highest BCUT2D eigenvalue weighted by atomic mass is 79.9. The molecule has 0 aliphatic heterocycles. The first-order chi connectivity index (χ1) is 14.9. The van der Waals surface area contributed by atoms with Crippen LogP contribution >= 0.6 is 31.9 Å². The monoisotopic (exact) mass is 584 g/mol. The Morgan fingerprint density at radius 2 is 1.69 bits per heavy atom. The van der Waals surface area contributed by atoms with Gasteiger partial charge < -0.3 is 9.47 Å². The number of alkyl halides is 2. The minimum Gasteiger partial charge on any atom is -0.496 e. The molecule has 1 N–H and O–H groups in total. The van der Waals surface area contributed by atoms with E-state index in [2.05, 4.69) is 42.4 Å². The summed E-state index contributed by atoms with van der Waals surface area (Å²) in [4.78, 5) is 12.2. The lowest BCUT2D eigenvalue weighted by molar-refractivity contribution is -0.125. The molecule has 32 heavy (non-hydrogen) atoms. The van der Waals surface area contributed by atoms with Gasteiger partial charge in [0.05, 0.1) is 22.0 Å². The van der Waals surface area contributed by atoms with Crippen LogP contribution in [0.2, 0.25) is 0 Å². The molecule has 5 nitrogen and oxygen atoms in total. The van der Waals surface area contributed by atoms with Gasteiger partial charge in [-0.3, -0.25) is 4.79 Å². The largest absolute Gasteiger partial charge is 0.496 e. The van der Waals surface area contributed by atoms with Crippen molar-refractivity contribution in [2.75, 3.05) is 7.11 Å². The molecule has 1 atom stereocenters. The number of methoxy groups -OCH3 is 1. The van der Waals surface area contributed by atoms with Gasteiger partial charge in [-0.2, -0.15) is 13.9 Å². The Balaban J connectivity index is 1.76. The third-order valence-electron chi connectivity index (χ3n) is 4.98. The van der Waals surface area contributed by atoms with Crippen LogP contribution in [0, 0.1) is 34.5 Å². The van der Waals surface area contributed by atoms with Crippen molar-refractivity contribution in [3.05, 3.63) is 58.4 Å². The van der Waals surface area contributed by atoms with Crippen molar-refractivity contribution in [3.63, 3.8) is 0 Å². The molecule has 0 spiro atoms. The van der Waals surface area contributed by atoms with Gasteiger partial charge in [0.2, 0.25) is 35.0 Å². The smallest absolute Gasteiger partial charge is 0.248 e. The maximum atomic E-state index is 13.8. The number of carbonyl (C=O) groups is 1. The lowest BCUT2D eigenvalue weighted by Crippen LogP contribution is -2.29. The van der Waals surface area contributed by atoms with E-state index in [1.807, 2.05) is 0 Å². The fraction of sp³-hybridized carbons (Fsp3) is 0.300. The molecule has 0 bridgehead atoms. The molecule has 0 saturated heterocycles. The maximum Gasteiger partial charge on any atom is 0.248 e. The van der Waals surface area contributed by atoms with Crippen molar-refractivity contribution in [1.29, 1.82) is 0 Å². The van der Waals surface area contributed by atoms with Gasteiger partial charge in [0.1, 0.15) is 12.4 Å². The van der Waals surface area contributed by atoms with Crippen LogP contribution in [0.25, 0.3) is 0 Å². The molecule has 1 fully saturated rings. The Morgan fingerprint density at radius 1 is 1.12 bits per heavy atom. The van der Waals surface area contributed by atoms with Crippen molar-refractivity contribution in [2.45, 2.75) is 23.2 Å². The summed E-state index contributed by atoms with van der Waals surface area (Å²) in [6.45, 7) is 1.19. The average Bonchev–Trinajstić information content (AvgIpc) is 3.29. The van der Waals surface area contributed by atoms with Gasteiger partial charge in [0, 0.05) is 5.56 Å². The molecular formula is C20H15Br2F5N2O3. The first-order valence-corrected chi connectivity index (χ1v) is 10.5. The number of hydrogen-bond acceptors (Lipinski definition) is 4. The molecule has 1 aliphatic carbocycles. The molecule has 2 aromatic rings. The van der Waals surface area contributed by atoms with Crippen LogP contribution in [0.3, 0.4) is 0 Å². The second-order valence-electron chi connectivity index (χ2n) is 7.17. The number of hydrogen-bond donors (Lipinski definition) is 1. The fourth-order valence-corrected chi connectivity index (χ4v) is 4.27. The molecule has 1 amide bonds. The summed E-state index contributed by atoms with van der Waals surface area (Å²) in [6.07, 6.45) is 1.89. The Labute approximate surface area is 196 Å². The predicted molar refractivity (Wildman–Crippen MR) is 113 cm³/mol. The highest BCUT2D eigenvalue weighted by Crippen LogP contribution is 2.66. The van der Waals surface area contributed by atoms with Crippen LogP contribution in [-0.2, 0) is 11.4 Å². The minimum atomic E-state index is -2.28. The molecule has 2 aromatic carbocycles. The molecule has 12 heteroatoms. The number of ether oxygens (including phenoxy) is 2. The van der Waals surface area contributed by atoms with E-state index in [4.69, 9.17) is 9.47 Å². The number of halogens is 7. The Kier molecular flexibility index (Phi) is 6.85. The zero-order valence-electron chi connectivity index (χ0n) is 16.5. The molecule has 1 aliphatic rings. The van der Waals surface area contributed by atoms with Crippen LogP contribution in [-0.4, -0.2) is 22.5 Å². The van der Waals surface area contributed by atoms with Crippen molar-refractivity contribution in [3.8, 4) is 11.5 Å². The summed E-state index contributed by atoms with van der Waals surface area (Å²) >= 11 is 6.77. The Morgan fingerprint density at radius 3 is 2.22 bits per heavy atom. The first-order valence-electron chi connectivity index (χ1n) is 8.95. The van der Waals surface area contributed by atoms with Crippen molar-refractivity contribution >= 4 is 44.0 Å². The summed E-state index contributed by atoms with van der Waals surface area (Å²) in [7, 11) is 1.33. The molecule has 0 aromatic heterocycles. The van der Waals surface area contributed by atoms with Gasteiger partial charge in [-0.15, -0.1) is 0 Å². The number of hydrazone groups is 1. The van der Waals surface area contributed by atoms with Crippen LogP contribution < -0.4 is 14.9 Å². The third kappa shape index (κ3) is 4.47. The van der Waals surface area contributed by atoms with E-state index in [9.17, 15) is 26.7 Å². The highest BCUT2D eigenvalue weighted by Gasteiger charge is 2.66. The molecule has 1 saturated carbocycles. The number of rotatable bonds is 7. The molecule has 3 rings (SSSR count). The summed E-state index contributed by atoms with van der Waals surface area (Å²) < 4.78 is 77.1. The van der Waals surface area contributed by atoms with E-state index in [1.54, 1.807) is 13.0 Å². The lowest BCUT2D eigenvalue weighted by Gasteiger charge is -2.13. The first kappa shape index (κ1) is 24.4. The summed E-state index contributed by atoms with van der Waals surface area (Å²) in [5, 5.41) is 3.88. The fourth-order valence-electron chi connectivity index (χ4n) is 2.79. The second-order valence-corrected chi connectivity index (χ2v) is 10.9. The SMILES string of the molecule is COc1ccc(/C=N\NC(=O)[C@]2(C)CC2(Br)Br)cc1COc1c(F)c(F)c(F)c(F)c1F. The van der Waals surface area contributed by atoms with E-state index in [0.717, 1.165) is 0 Å². The molecular weight excluding hydrogens is 571 g/mol. The summed E-state index contributed by atoms with van der Waals surface area (Å²) in [5.74, 6) is -12.1. The summed E-state index contributed by atoms with van der Waals surface area (Å²) in [5.41, 5.74) is 2.44. The third-order valence-corrected chi connectivity index (χ3v) is 7.30. The highest BCUT2D eigenvalue weighted by molar-refractivity contribution is 9.25. The summed E-state index contributed by atoms with van der Waals surface area (Å²) in [6, 6.07) is 4.53. The number of nitrogens with one attached hydrogen (secondary N) is 1. The van der Waals surface area contributed by atoms with Gasteiger partial charge in [-0.05, 0) is 37.1 Å². The molecule has 172 valence electrons. The van der Waals surface area contributed by atoms with Crippen molar-refractivity contribution in [2.24, 2.45) is 10.5 Å². The van der Waals surface area contributed by atoms with Gasteiger partial charge in [0.25, 0.3) is 0 Å². The minimum absolute atomic E-state index is 0.237. The Bertz CT molecular complexity index is 1080. The van der Waals surface area contributed by atoms with Gasteiger partial charge >= 0.3 is 0 Å². The van der Waals surface area contributed by atoms with Gasteiger partial charge in [-0.1, -0.05) is 31.9 Å². The number of nitrogens with zero attached hydrogens (tertiary/aromatic N) is 1. The zero-order chi connectivity index (χ0) is 23.8. The van der Waals surface area contributed by atoms with E-state index >= 15 is 0 Å². The molecule has 0 heterocycles. The van der Waals surface area contributed by atoms with Crippen LogP contribution in [0.5, 0.6) is 11.5 Å². The van der Waals surface area contributed by atoms with Gasteiger partial charge in [0.15, 0.2) is 5.75 Å². The van der Waals surface area contributed by atoms with Crippen LogP contribution in [0.15, 0.2) is 23.3 Å². The average molecular weight is 586 g/mol. The van der Waals surface area contributed by atoms with Crippen LogP contribution in [0.1, 0.15) is 24.5 Å². The van der Waals surface area contributed by atoms with E-state index in [-0.39, 0.29) is 17.2 Å². The Hall–Kier alpha value is -2.21. The normalized spacial score (nSPS) is 19.2. The number of amides is 1. The van der Waals surface area contributed by atoms with Crippen molar-refractivity contribution in [1.82, 2.24) is 5.43 Å². The topological polar surface area (TPSA) is 59.9 Å². The second kappa shape index (κ2) is 8.97. The maximum absolute atomic E-state index is 13.8. The van der Waals surface area contributed by atoms with Crippen molar-refractivity contribution < 1.29 is 36.2 Å². The number of carbonyl (C=O) groups excluding carboxylic acids is 1. The quantitative estimate of drug-likeness (QED) is 0.120. The standard InChI is InChI=1S/C20H15Br2F5N2O3/c1-19(8-20(19,21)22)18(30)29-28-6-9-3-4-11(31-2)10(5-9)7-32-17-15(26)13(24)12(23)14(25)16(17)27/h3-6H,7-8H2,1-2H3,(H,29,30)/b28-6-/t19-/m0/s1. The molecule has 0 radical (unpaired) electrons.